The minimum Gasteiger partial charge on any atom is -0.432 e. The van der Waals surface area contributed by atoms with Crippen molar-refractivity contribution in [3.8, 4) is 0 Å². The average molecular weight is 905 g/mol. The lowest BCUT2D eigenvalue weighted by Gasteiger charge is -2.59. The number of aliphatic hydroxyl groups excluding tert-OH is 11. The summed E-state index contributed by atoms with van der Waals surface area (Å²) < 4.78 is 48.9. The van der Waals surface area contributed by atoms with E-state index in [9.17, 15) is 61.0 Å². The molecule has 2 bridgehead atoms. The molecular formula is C43H68O20. The molecule has 0 aromatic rings. The number of carbonyl (C=O) groups excluding carboxylic acids is 1. The highest BCUT2D eigenvalue weighted by molar-refractivity contribution is 5.77. The molecule has 0 radical (unpaired) electrons. The van der Waals surface area contributed by atoms with E-state index in [1.54, 1.807) is 0 Å². The van der Waals surface area contributed by atoms with E-state index < -0.39 is 148 Å². The Morgan fingerprint density at radius 1 is 0.635 bits per heavy atom. The molecule has 0 aromatic heterocycles. The third-order valence-electron chi connectivity index (χ3n) is 16.1. The SMILES string of the molecule is C=C1C[C@@]23CCC4C(CCC[C@@]4(C)C(=O)OC4OC(CO)C(O)CC4O)[C@@H]2CC[C@]1(OC1OC(CO)C(O)C(OC2OC(CO)C(O)CC2O)C1OC1OC(CO)C(O)CC1O)C3. The highest BCUT2D eigenvalue weighted by atomic mass is 16.8. The van der Waals surface area contributed by atoms with Crippen molar-refractivity contribution in [2.45, 2.75) is 194 Å². The Balaban J connectivity index is 1.03. The number of esters is 1. The standard InChI is InChI=1S/C43H68O20/c1-19-13-42-8-5-21-20(4-3-7-41(21,2)40(55)62-38-28(53)12-25(50)31(16-46)58-38)22(42)6-9-43(19,18-42)63-39-35(61-37-27(52)11-24(49)30(15-45)57-37)34(33(54)32(17-47)59-39)60-36-26(51)10-23(48)29(14-44)56-36/h20-39,44-54H,1,3-18H2,2H3/t20?,21?,22-,23?,24?,25?,26?,27?,28?,29?,30?,31?,32?,33?,34?,35?,36?,37?,38?,39?,41+,42+,43-/m0/s1. The summed E-state index contributed by atoms with van der Waals surface area (Å²) in [6.45, 7) is 4.08. The molecule has 4 heterocycles. The number of aliphatic hydroxyl groups is 11. The molecule has 0 aromatic carbocycles. The van der Waals surface area contributed by atoms with Crippen molar-refractivity contribution in [3.05, 3.63) is 12.2 Å². The molecule has 20 heteroatoms. The van der Waals surface area contributed by atoms with Gasteiger partial charge >= 0.3 is 5.97 Å². The van der Waals surface area contributed by atoms with Gasteiger partial charge in [0.25, 0.3) is 0 Å². The first-order valence-corrected chi connectivity index (χ1v) is 22.7. The summed E-state index contributed by atoms with van der Waals surface area (Å²) in [5.74, 6) is -0.184. The topological polar surface area (TPSA) is 313 Å². The van der Waals surface area contributed by atoms with Crippen LogP contribution in [-0.4, -0.2) is 199 Å². The van der Waals surface area contributed by atoms with Crippen LogP contribution in [0.1, 0.15) is 84.0 Å². The van der Waals surface area contributed by atoms with Gasteiger partial charge < -0.3 is 94.1 Å². The minimum absolute atomic E-state index is 0.0344. The number of fused-ring (bicyclic) bond motifs is 3. The quantitative estimate of drug-likeness (QED) is 0.0552. The molecule has 4 aliphatic carbocycles. The van der Waals surface area contributed by atoms with Crippen LogP contribution in [-0.2, 0) is 42.7 Å². The van der Waals surface area contributed by atoms with Crippen LogP contribution in [0.5, 0.6) is 0 Å². The van der Waals surface area contributed by atoms with Crippen molar-refractivity contribution in [3.63, 3.8) is 0 Å². The first-order chi connectivity index (χ1) is 30.0. The van der Waals surface area contributed by atoms with E-state index in [2.05, 4.69) is 6.58 Å². The monoisotopic (exact) mass is 904 g/mol. The summed E-state index contributed by atoms with van der Waals surface area (Å²) in [6.07, 6.45) is -17.0. The Morgan fingerprint density at radius 2 is 1.14 bits per heavy atom. The van der Waals surface area contributed by atoms with Gasteiger partial charge in [0.15, 0.2) is 18.9 Å². The second-order valence-corrected chi connectivity index (χ2v) is 19.8. The second-order valence-electron chi connectivity index (χ2n) is 19.8. The zero-order valence-corrected chi connectivity index (χ0v) is 35.7. The molecule has 360 valence electrons. The average Bonchev–Trinajstić information content (AvgIpc) is 3.45. The second kappa shape index (κ2) is 18.9. The summed E-state index contributed by atoms with van der Waals surface area (Å²) in [7, 11) is 0. The van der Waals surface area contributed by atoms with Crippen molar-refractivity contribution in [1.82, 2.24) is 0 Å². The van der Waals surface area contributed by atoms with Crippen LogP contribution in [0.15, 0.2) is 12.2 Å². The molecule has 63 heavy (non-hydrogen) atoms. The Labute approximate surface area is 365 Å². The Kier molecular flexibility index (Phi) is 14.4. The number of ether oxygens (including phenoxy) is 8. The Bertz CT molecular complexity index is 1610. The molecule has 8 rings (SSSR count). The van der Waals surface area contributed by atoms with Crippen LogP contribution in [0.3, 0.4) is 0 Å². The normalized spacial score (nSPS) is 52.5. The van der Waals surface area contributed by atoms with E-state index >= 15 is 0 Å². The predicted octanol–water partition coefficient (Wildman–Crippen LogP) is -2.42. The van der Waals surface area contributed by atoms with Gasteiger partial charge in [-0.3, -0.25) is 4.79 Å². The van der Waals surface area contributed by atoms with Gasteiger partial charge in [0.05, 0.1) is 55.8 Å². The molecule has 19 unspecified atom stereocenters. The number of rotatable bonds is 12. The first kappa shape index (κ1) is 48.0. The zero-order chi connectivity index (χ0) is 45.2. The lowest BCUT2D eigenvalue weighted by molar-refractivity contribution is -0.392. The molecule has 20 nitrogen and oxygen atoms in total. The van der Waals surface area contributed by atoms with Gasteiger partial charge in [0.1, 0.15) is 61.0 Å². The summed E-state index contributed by atoms with van der Waals surface area (Å²) in [6, 6.07) is 0. The fourth-order valence-electron chi connectivity index (χ4n) is 12.7. The molecule has 1 spiro atoms. The van der Waals surface area contributed by atoms with Gasteiger partial charge in [-0.05, 0) is 87.0 Å². The van der Waals surface area contributed by atoms with Crippen LogP contribution in [0, 0.1) is 28.6 Å². The maximum atomic E-state index is 14.1. The minimum atomic E-state index is -1.64. The lowest BCUT2D eigenvalue weighted by Crippen LogP contribution is -2.66. The van der Waals surface area contributed by atoms with E-state index in [1.807, 2.05) is 6.92 Å². The van der Waals surface area contributed by atoms with Crippen molar-refractivity contribution in [1.29, 1.82) is 0 Å². The highest BCUT2D eigenvalue weighted by Gasteiger charge is 2.66. The van der Waals surface area contributed by atoms with Crippen LogP contribution in [0.25, 0.3) is 0 Å². The third-order valence-corrected chi connectivity index (χ3v) is 16.1. The van der Waals surface area contributed by atoms with Gasteiger partial charge in [-0.25, -0.2) is 0 Å². The predicted molar refractivity (Wildman–Crippen MR) is 210 cm³/mol. The van der Waals surface area contributed by atoms with E-state index in [0.29, 0.717) is 38.5 Å². The molecule has 23 atom stereocenters. The van der Waals surface area contributed by atoms with Gasteiger partial charge in [-0.2, -0.15) is 0 Å². The fourth-order valence-corrected chi connectivity index (χ4v) is 12.7. The Morgan fingerprint density at radius 3 is 1.71 bits per heavy atom. The molecule has 8 aliphatic rings. The van der Waals surface area contributed by atoms with E-state index in [0.717, 1.165) is 24.8 Å². The number of carbonyl (C=O) groups is 1. The molecule has 4 aliphatic heterocycles. The lowest BCUT2D eigenvalue weighted by atomic mass is 9.46. The zero-order valence-electron chi connectivity index (χ0n) is 35.7. The van der Waals surface area contributed by atoms with Crippen molar-refractivity contribution < 1.29 is 98.9 Å². The molecular weight excluding hydrogens is 836 g/mol. The molecule has 8 fully saturated rings. The van der Waals surface area contributed by atoms with Crippen LogP contribution < -0.4 is 0 Å². The van der Waals surface area contributed by atoms with E-state index in [4.69, 9.17) is 37.9 Å². The first-order valence-electron chi connectivity index (χ1n) is 22.7. The highest BCUT2D eigenvalue weighted by Crippen LogP contribution is 2.70. The van der Waals surface area contributed by atoms with E-state index in [-0.39, 0.29) is 42.4 Å². The smallest absolute Gasteiger partial charge is 0.314 e. The fraction of sp³-hybridized carbons (Fsp3) is 0.930. The van der Waals surface area contributed by atoms with E-state index in [1.165, 1.54) is 0 Å². The number of hydrogen-bond acceptors (Lipinski definition) is 20. The van der Waals surface area contributed by atoms with Crippen LogP contribution in [0.2, 0.25) is 0 Å². The summed E-state index contributed by atoms with van der Waals surface area (Å²) in [5.41, 5.74) is -1.34. The van der Waals surface area contributed by atoms with Crippen LogP contribution >= 0.6 is 0 Å². The van der Waals surface area contributed by atoms with Gasteiger partial charge in [-0.15, -0.1) is 0 Å². The summed E-state index contributed by atoms with van der Waals surface area (Å²) in [5, 5.41) is 115. The molecule has 4 saturated heterocycles. The molecule has 4 saturated carbocycles. The van der Waals surface area contributed by atoms with Crippen molar-refractivity contribution in [2.75, 3.05) is 26.4 Å². The third kappa shape index (κ3) is 8.78. The summed E-state index contributed by atoms with van der Waals surface area (Å²) in [4.78, 5) is 14.1. The number of hydrogen-bond donors (Lipinski definition) is 11. The van der Waals surface area contributed by atoms with Crippen molar-refractivity contribution >= 4 is 5.97 Å². The maximum Gasteiger partial charge on any atom is 0.314 e. The molecule has 0 amide bonds. The maximum absolute atomic E-state index is 14.1. The Hall–Kier alpha value is -1.51. The van der Waals surface area contributed by atoms with Crippen LogP contribution in [0.4, 0.5) is 0 Å². The summed E-state index contributed by atoms with van der Waals surface area (Å²) >= 11 is 0. The largest absolute Gasteiger partial charge is 0.432 e. The van der Waals surface area contributed by atoms with Crippen molar-refractivity contribution in [2.24, 2.45) is 28.6 Å². The van der Waals surface area contributed by atoms with Gasteiger partial charge in [-0.1, -0.05) is 13.0 Å². The van der Waals surface area contributed by atoms with Gasteiger partial charge in [0.2, 0.25) is 6.29 Å². The van der Waals surface area contributed by atoms with Gasteiger partial charge in [0, 0.05) is 19.3 Å². The molecule has 11 N–H and O–H groups in total.